The van der Waals surface area contributed by atoms with Gasteiger partial charge in [0.25, 0.3) is 5.91 Å². The van der Waals surface area contributed by atoms with Crippen LogP contribution in [-0.2, 0) is 9.53 Å². The zero-order chi connectivity index (χ0) is 19.4. The molecule has 0 aliphatic heterocycles. The zero-order valence-electron chi connectivity index (χ0n) is 15.3. The van der Waals surface area contributed by atoms with Crippen molar-refractivity contribution in [3.05, 3.63) is 40.7 Å². The fourth-order valence-electron chi connectivity index (χ4n) is 2.25. The van der Waals surface area contributed by atoms with Crippen molar-refractivity contribution in [1.29, 1.82) is 0 Å². The molecule has 9 heteroatoms. The van der Waals surface area contributed by atoms with E-state index >= 15 is 0 Å². The Kier molecular flexibility index (Phi) is 5.71. The molecule has 2 aromatic rings. The lowest BCUT2D eigenvalue weighted by Gasteiger charge is -2.11. The van der Waals surface area contributed by atoms with E-state index in [2.05, 4.69) is 15.5 Å². The van der Waals surface area contributed by atoms with Crippen LogP contribution < -0.4 is 10.6 Å². The van der Waals surface area contributed by atoms with Gasteiger partial charge in [-0.25, -0.2) is 9.59 Å². The van der Waals surface area contributed by atoms with Gasteiger partial charge in [0.05, 0.1) is 11.4 Å². The van der Waals surface area contributed by atoms with Crippen molar-refractivity contribution >= 4 is 17.9 Å². The second-order valence-corrected chi connectivity index (χ2v) is 5.83. The average molecular weight is 359 g/mol. The second kappa shape index (κ2) is 7.77. The van der Waals surface area contributed by atoms with Crippen LogP contribution in [0.25, 0.3) is 5.69 Å². The smallest absolute Gasteiger partial charge is 0.361 e. The maximum Gasteiger partial charge on any atom is 0.361 e. The van der Waals surface area contributed by atoms with Gasteiger partial charge >= 0.3 is 12.0 Å². The highest BCUT2D eigenvalue weighted by Crippen LogP contribution is 2.16. The summed E-state index contributed by atoms with van der Waals surface area (Å²) in [5.41, 5.74) is 3.17. The first-order valence-corrected chi connectivity index (χ1v) is 7.98. The van der Waals surface area contributed by atoms with Gasteiger partial charge in [-0.05, 0) is 39.3 Å². The van der Waals surface area contributed by atoms with E-state index < -0.39 is 24.0 Å². The highest BCUT2D eigenvalue weighted by atomic mass is 16.5. The molecule has 3 amide bonds. The van der Waals surface area contributed by atoms with Crippen molar-refractivity contribution < 1.29 is 19.1 Å². The monoisotopic (exact) mass is 359 g/mol. The fraction of sp³-hybridized carbons (Fsp3) is 0.353. The van der Waals surface area contributed by atoms with Crippen molar-refractivity contribution in [2.75, 3.05) is 7.05 Å². The molecule has 0 aliphatic carbocycles. The number of imide groups is 1. The Morgan fingerprint density at radius 1 is 1.15 bits per heavy atom. The summed E-state index contributed by atoms with van der Waals surface area (Å²) in [4.78, 5) is 36.6. The maximum absolute atomic E-state index is 12.3. The number of aromatic nitrogens is 3. The van der Waals surface area contributed by atoms with Crippen LogP contribution in [0, 0.1) is 20.8 Å². The lowest BCUT2D eigenvalue weighted by atomic mass is 10.1. The summed E-state index contributed by atoms with van der Waals surface area (Å²) in [7, 11) is 1.37. The van der Waals surface area contributed by atoms with E-state index in [9.17, 15) is 14.4 Å². The first-order valence-electron chi connectivity index (χ1n) is 7.98. The SMILES string of the molecule is CNC(=O)NC(=O)[C@@H](C)OC(=O)c1nn(-c2ccc(C)cc2C)nc1C. The number of esters is 1. The third-order valence-corrected chi connectivity index (χ3v) is 3.66. The number of amides is 3. The quantitative estimate of drug-likeness (QED) is 0.793. The van der Waals surface area contributed by atoms with E-state index in [0.29, 0.717) is 5.69 Å². The molecule has 0 bridgehead atoms. The number of hydrogen-bond acceptors (Lipinski definition) is 6. The number of carbonyl (C=O) groups is 3. The number of ether oxygens (including phenoxy) is 1. The van der Waals surface area contributed by atoms with Crippen LogP contribution in [0.1, 0.15) is 34.2 Å². The highest BCUT2D eigenvalue weighted by molar-refractivity contribution is 5.98. The number of nitrogens with zero attached hydrogens (tertiary/aromatic N) is 3. The van der Waals surface area contributed by atoms with Crippen molar-refractivity contribution in [2.24, 2.45) is 0 Å². The molecule has 138 valence electrons. The van der Waals surface area contributed by atoms with Crippen LogP contribution in [0.2, 0.25) is 0 Å². The number of urea groups is 1. The van der Waals surface area contributed by atoms with E-state index in [-0.39, 0.29) is 5.69 Å². The Morgan fingerprint density at radius 2 is 1.85 bits per heavy atom. The van der Waals surface area contributed by atoms with Gasteiger partial charge in [-0.15, -0.1) is 5.10 Å². The largest absolute Gasteiger partial charge is 0.448 e. The minimum absolute atomic E-state index is 0.00423. The molecule has 1 heterocycles. The fourth-order valence-corrected chi connectivity index (χ4v) is 2.25. The Labute approximate surface area is 150 Å². The third-order valence-electron chi connectivity index (χ3n) is 3.66. The van der Waals surface area contributed by atoms with E-state index in [1.807, 2.05) is 37.4 Å². The molecule has 9 nitrogen and oxygen atoms in total. The molecule has 26 heavy (non-hydrogen) atoms. The molecule has 2 rings (SSSR count). The van der Waals surface area contributed by atoms with Gasteiger partial charge in [-0.1, -0.05) is 17.7 Å². The Hall–Kier alpha value is -3.23. The zero-order valence-corrected chi connectivity index (χ0v) is 15.3. The molecule has 1 aromatic carbocycles. The van der Waals surface area contributed by atoms with Crippen LogP contribution in [0.5, 0.6) is 0 Å². The molecule has 0 saturated carbocycles. The van der Waals surface area contributed by atoms with E-state index in [0.717, 1.165) is 16.8 Å². The number of hydrogen-bond donors (Lipinski definition) is 2. The summed E-state index contributed by atoms with van der Waals surface area (Å²) in [6, 6.07) is 5.08. The van der Waals surface area contributed by atoms with Crippen LogP contribution >= 0.6 is 0 Å². The Morgan fingerprint density at radius 3 is 2.46 bits per heavy atom. The number of benzene rings is 1. The summed E-state index contributed by atoms with van der Waals surface area (Å²) in [6.45, 7) is 6.88. The van der Waals surface area contributed by atoms with Gasteiger partial charge in [0, 0.05) is 7.05 Å². The summed E-state index contributed by atoms with van der Waals surface area (Å²) in [5, 5.41) is 12.7. The number of nitrogens with one attached hydrogen (secondary N) is 2. The van der Waals surface area contributed by atoms with Gasteiger partial charge < -0.3 is 10.1 Å². The predicted molar refractivity (Wildman–Crippen MR) is 93.0 cm³/mol. The van der Waals surface area contributed by atoms with Gasteiger partial charge in [0.2, 0.25) is 0 Å². The second-order valence-electron chi connectivity index (χ2n) is 5.83. The van der Waals surface area contributed by atoms with E-state index in [1.54, 1.807) is 6.92 Å². The molecule has 0 radical (unpaired) electrons. The van der Waals surface area contributed by atoms with Gasteiger partial charge in [-0.2, -0.15) is 9.90 Å². The van der Waals surface area contributed by atoms with Gasteiger partial charge in [0.1, 0.15) is 0 Å². The van der Waals surface area contributed by atoms with Crippen LogP contribution in [0.3, 0.4) is 0 Å². The lowest BCUT2D eigenvalue weighted by Crippen LogP contribution is -2.43. The van der Waals surface area contributed by atoms with E-state index in [4.69, 9.17) is 4.74 Å². The Balaban J connectivity index is 2.16. The van der Waals surface area contributed by atoms with Crippen LogP contribution in [-0.4, -0.2) is 46.1 Å². The van der Waals surface area contributed by atoms with Gasteiger partial charge in [0.15, 0.2) is 11.8 Å². The first kappa shape index (κ1) is 19.1. The molecule has 0 spiro atoms. The lowest BCUT2D eigenvalue weighted by molar-refractivity contribution is -0.127. The van der Waals surface area contributed by atoms with Crippen LogP contribution in [0.15, 0.2) is 18.2 Å². The number of carbonyl (C=O) groups excluding carboxylic acids is 3. The number of rotatable bonds is 4. The van der Waals surface area contributed by atoms with Crippen molar-refractivity contribution in [3.8, 4) is 5.69 Å². The minimum atomic E-state index is -1.16. The molecule has 0 aliphatic rings. The standard InChI is InChI=1S/C17H21N5O4/c1-9-6-7-13(10(2)8-9)22-20-11(3)14(21-22)16(24)26-12(4)15(23)19-17(25)18-5/h6-8,12H,1-5H3,(H2,18,19,23,25)/t12-/m1/s1. The molecular weight excluding hydrogens is 338 g/mol. The molecule has 0 saturated heterocycles. The van der Waals surface area contributed by atoms with Gasteiger partial charge in [-0.3, -0.25) is 10.1 Å². The summed E-state index contributed by atoms with van der Waals surface area (Å²) in [6.07, 6.45) is -1.16. The summed E-state index contributed by atoms with van der Waals surface area (Å²) >= 11 is 0. The molecule has 2 N–H and O–H groups in total. The van der Waals surface area contributed by atoms with E-state index in [1.165, 1.54) is 18.8 Å². The normalized spacial score (nSPS) is 11.6. The predicted octanol–water partition coefficient (Wildman–Crippen LogP) is 1.19. The van der Waals surface area contributed by atoms with Crippen molar-refractivity contribution in [1.82, 2.24) is 25.6 Å². The highest BCUT2D eigenvalue weighted by Gasteiger charge is 2.24. The summed E-state index contributed by atoms with van der Waals surface area (Å²) < 4.78 is 5.08. The first-order chi connectivity index (χ1) is 12.2. The average Bonchev–Trinajstić information content (AvgIpc) is 2.96. The Bertz CT molecular complexity index is 859. The van der Waals surface area contributed by atoms with Crippen molar-refractivity contribution in [2.45, 2.75) is 33.8 Å². The molecule has 1 aromatic heterocycles. The van der Waals surface area contributed by atoms with Crippen LogP contribution in [0.4, 0.5) is 4.79 Å². The minimum Gasteiger partial charge on any atom is -0.448 e. The topological polar surface area (TPSA) is 115 Å². The van der Waals surface area contributed by atoms with Crippen molar-refractivity contribution in [3.63, 3.8) is 0 Å². The summed E-state index contributed by atoms with van der Waals surface area (Å²) in [5.74, 6) is -1.53. The molecular formula is C17H21N5O4. The molecule has 1 atom stereocenters. The third kappa shape index (κ3) is 4.24. The number of aryl methyl sites for hydroxylation is 3. The maximum atomic E-state index is 12.3. The molecule has 0 fully saturated rings. The molecule has 0 unspecified atom stereocenters.